The van der Waals surface area contributed by atoms with Gasteiger partial charge in [-0.2, -0.15) is 0 Å². The van der Waals surface area contributed by atoms with Crippen LogP contribution in [0.2, 0.25) is 0 Å². The fourth-order valence-electron chi connectivity index (χ4n) is 3.36. The highest BCUT2D eigenvalue weighted by Gasteiger charge is 2.40. The van der Waals surface area contributed by atoms with E-state index in [1.54, 1.807) is 0 Å². The zero-order chi connectivity index (χ0) is 14.1. The Kier molecular flexibility index (Phi) is 3.66. The van der Waals surface area contributed by atoms with E-state index in [4.69, 9.17) is 0 Å². The van der Waals surface area contributed by atoms with Crippen molar-refractivity contribution in [1.29, 1.82) is 0 Å². The highest BCUT2D eigenvalue weighted by atomic mass is 16.4. The number of para-hydroxylation sites is 1. The van der Waals surface area contributed by atoms with E-state index in [1.165, 1.54) is 12.8 Å². The molecule has 1 aliphatic carbocycles. The lowest BCUT2D eigenvalue weighted by Crippen LogP contribution is -2.41. The lowest BCUT2D eigenvalue weighted by Gasteiger charge is -2.29. The number of hydrogen-bond donors (Lipinski definition) is 1. The lowest BCUT2D eigenvalue weighted by molar-refractivity contribution is -0.135. The second-order valence-corrected chi connectivity index (χ2v) is 6.02. The molecule has 2 fully saturated rings. The molecule has 1 saturated carbocycles. The number of benzene rings is 1. The Bertz CT molecular complexity index is 473. The van der Waals surface area contributed by atoms with Crippen LogP contribution >= 0.6 is 0 Å². The van der Waals surface area contributed by atoms with Crippen molar-refractivity contribution >= 4 is 11.7 Å². The molecule has 1 aromatic rings. The summed E-state index contributed by atoms with van der Waals surface area (Å²) >= 11 is 0. The fourth-order valence-corrected chi connectivity index (χ4v) is 3.36. The molecule has 2 aliphatic rings. The Morgan fingerprint density at radius 3 is 2.65 bits per heavy atom. The molecule has 2 atom stereocenters. The number of hydrogen-bond acceptors (Lipinski definition) is 3. The molecule has 1 saturated heterocycles. The van der Waals surface area contributed by atoms with Gasteiger partial charge >= 0.3 is 5.97 Å². The highest BCUT2D eigenvalue weighted by Crippen LogP contribution is 2.35. The van der Waals surface area contributed by atoms with Gasteiger partial charge in [0.25, 0.3) is 0 Å². The predicted octanol–water partition coefficient (Wildman–Crippen LogP) is 2.20. The van der Waals surface area contributed by atoms with Crippen LogP contribution in [0.4, 0.5) is 5.69 Å². The molecule has 0 amide bonds. The Labute approximate surface area is 120 Å². The van der Waals surface area contributed by atoms with Crippen molar-refractivity contribution in [3.63, 3.8) is 0 Å². The van der Waals surface area contributed by atoms with Gasteiger partial charge < -0.3 is 10.0 Å². The Morgan fingerprint density at radius 2 is 2.05 bits per heavy atom. The summed E-state index contributed by atoms with van der Waals surface area (Å²) in [7, 11) is 0. The van der Waals surface area contributed by atoms with E-state index in [-0.39, 0.29) is 6.54 Å². The van der Waals surface area contributed by atoms with Crippen molar-refractivity contribution in [3.8, 4) is 0 Å². The van der Waals surface area contributed by atoms with Crippen LogP contribution in [0.3, 0.4) is 0 Å². The van der Waals surface area contributed by atoms with Crippen LogP contribution in [0.15, 0.2) is 30.3 Å². The quantitative estimate of drug-likeness (QED) is 0.894. The molecule has 0 spiro atoms. The molecule has 20 heavy (non-hydrogen) atoms. The van der Waals surface area contributed by atoms with Gasteiger partial charge in [-0.3, -0.25) is 9.69 Å². The van der Waals surface area contributed by atoms with E-state index in [1.807, 2.05) is 30.3 Å². The van der Waals surface area contributed by atoms with Gasteiger partial charge in [-0.1, -0.05) is 18.2 Å². The van der Waals surface area contributed by atoms with Gasteiger partial charge in [0.1, 0.15) is 6.54 Å². The fraction of sp³-hybridized carbons (Fsp3) is 0.562. The number of nitrogens with zero attached hydrogens (tertiary/aromatic N) is 2. The van der Waals surface area contributed by atoms with E-state index in [0.717, 1.165) is 24.7 Å². The molecule has 1 heterocycles. The topological polar surface area (TPSA) is 43.8 Å². The molecule has 108 valence electrons. The molecule has 1 aromatic carbocycles. The number of carboxylic acids is 1. The number of rotatable bonds is 5. The second-order valence-electron chi connectivity index (χ2n) is 6.02. The van der Waals surface area contributed by atoms with Crippen LogP contribution in [0.25, 0.3) is 0 Å². The standard InChI is InChI=1S/C16H22N2O2/c1-12-9-15(10-17(12)14-7-8-14)18(11-16(19)20)13-5-3-2-4-6-13/h2-6,12,14-15H,7-11H2,1H3,(H,19,20). The maximum absolute atomic E-state index is 11.2. The van der Waals surface area contributed by atoms with Gasteiger partial charge in [-0.15, -0.1) is 0 Å². The van der Waals surface area contributed by atoms with Gasteiger partial charge in [0, 0.05) is 30.4 Å². The molecule has 2 unspecified atom stereocenters. The third-order valence-electron chi connectivity index (χ3n) is 4.45. The molecule has 0 bridgehead atoms. The summed E-state index contributed by atoms with van der Waals surface area (Å²) in [6, 6.07) is 11.5. The molecule has 4 heteroatoms. The largest absolute Gasteiger partial charge is 0.480 e. The summed E-state index contributed by atoms with van der Waals surface area (Å²) in [5.74, 6) is -0.758. The van der Waals surface area contributed by atoms with Crippen LogP contribution in [-0.2, 0) is 4.79 Å². The van der Waals surface area contributed by atoms with Gasteiger partial charge in [-0.05, 0) is 38.3 Å². The Balaban J connectivity index is 1.77. The summed E-state index contributed by atoms with van der Waals surface area (Å²) < 4.78 is 0. The number of likely N-dealkylation sites (tertiary alicyclic amines) is 1. The van der Waals surface area contributed by atoms with Crippen molar-refractivity contribution in [2.24, 2.45) is 0 Å². The minimum absolute atomic E-state index is 0.0832. The average Bonchev–Trinajstić information content (AvgIpc) is 3.20. The van der Waals surface area contributed by atoms with Crippen LogP contribution in [-0.4, -0.2) is 47.2 Å². The predicted molar refractivity (Wildman–Crippen MR) is 79.0 cm³/mol. The number of carbonyl (C=O) groups is 1. The van der Waals surface area contributed by atoms with Gasteiger partial charge in [-0.25, -0.2) is 0 Å². The molecular weight excluding hydrogens is 252 g/mol. The minimum Gasteiger partial charge on any atom is -0.480 e. The van der Waals surface area contributed by atoms with E-state index in [9.17, 15) is 9.90 Å². The second kappa shape index (κ2) is 5.44. The summed E-state index contributed by atoms with van der Waals surface area (Å²) in [6.07, 6.45) is 3.67. The monoisotopic (exact) mass is 274 g/mol. The first-order valence-electron chi connectivity index (χ1n) is 7.44. The molecule has 3 rings (SSSR count). The van der Waals surface area contributed by atoms with E-state index < -0.39 is 5.97 Å². The highest BCUT2D eigenvalue weighted by molar-refractivity contribution is 5.74. The van der Waals surface area contributed by atoms with Crippen molar-refractivity contribution < 1.29 is 9.90 Å². The SMILES string of the molecule is CC1CC(N(CC(=O)O)c2ccccc2)CN1C1CC1. The normalized spacial score (nSPS) is 26.6. The number of aliphatic carboxylic acids is 1. The number of carboxylic acid groups (broad SMARTS) is 1. The van der Waals surface area contributed by atoms with E-state index >= 15 is 0 Å². The van der Waals surface area contributed by atoms with E-state index in [2.05, 4.69) is 16.7 Å². The minimum atomic E-state index is -0.758. The molecule has 1 aliphatic heterocycles. The molecule has 1 N–H and O–H groups in total. The Hall–Kier alpha value is -1.55. The lowest BCUT2D eigenvalue weighted by atomic mass is 10.1. The summed E-state index contributed by atoms with van der Waals surface area (Å²) in [5.41, 5.74) is 1.02. The molecular formula is C16H22N2O2. The van der Waals surface area contributed by atoms with Crippen molar-refractivity contribution in [3.05, 3.63) is 30.3 Å². The third-order valence-corrected chi connectivity index (χ3v) is 4.45. The molecule has 4 nitrogen and oxygen atoms in total. The number of anilines is 1. The van der Waals surface area contributed by atoms with Crippen LogP contribution in [0, 0.1) is 0 Å². The first-order valence-corrected chi connectivity index (χ1v) is 7.44. The summed E-state index contributed by atoms with van der Waals surface area (Å²) in [6.45, 7) is 3.34. The van der Waals surface area contributed by atoms with Crippen molar-refractivity contribution in [2.75, 3.05) is 18.0 Å². The Morgan fingerprint density at radius 1 is 1.35 bits per heavy atom. The smallest absolute Gasteiger partial charge is 0.323 e. The van der Waals surface area contributed by atoms with Gasteiger partial charge in [0.2, 0.25) is 0 Å². The maximum Gasteiger partial charge on any atom is 0.323 e. The van der Waals surface area contributed by atoms with Gasteiger partial charge in [0.05, 0.1) is 0 Å². The first-order chi connectivity index (χ1) is 9.65. The van der Waals surface area contributed by atoms with Crippen LogP contribution in [0.1, 0.15) is 26.2 Å². The van der Waals surface area contributed by atoms with E-state index in [0.29, 0.717) is 12.1 Å². The third kappa shape index (κ3) is 2.80. The van der Waals surface area contributed by atoms with Crippen molar-refractivity contribution in [1.82, 2.24) is 4.90 Å². The van der Waals surface area contributed by atoms with Crippen LogP contribution in [0.5, 0.6) is 0 Å². The maximum atomic E-state index is 11.2. The average molecular weight is 274 g/mol. The summed E-state index contributed by atoms with van der Waals surface area (Å²) in [5, 5.41) is 9.20. The zero-order valence-electron chi connectivity index (χ0n) is 11.9. The molecule has 0 radical (unpaired) electrons. The summed E-state index contributed by atoms with van der Waals surface area (Å²) in [4.78, 5) is 15.8. The first kappa shape index (κ1) is 13.4. The van der Waals surface area contributed by atoms with Crippen LogP contribution < -0.4 is 4.90 Å². The van der Waals surface area contributed by atoms with Gasteiger partial charge in [0.15, 0.2) is 0 Å². The zero-order valence-corrected chi connectivity index (χ0v) is 11.9. The van der Waals surface area contributed by atoms with Crippen molar-refractivity contribution in [2.45, 2.75) is 44.3 Å². The molecule has 0 aromatic heterocycles.